The van der Waals surface area contributed by atoms with E-state index >= 15 is 0 Å². The Bertz CT molecular complexity index is 1090. The zero-order valence-electron chi connectivity index (χ0n) is 17.3. The standard InChI is InChI=1S/C23H25NO5/c1-23(2,3)14-22(26)29-20-12-15(10-11-19(20)27-5)24(4)17-13-21(25)28-18-9-7-6-8-16(17)18/h6-13H,14H2,1-5H3. The summed E-state index contributed by atoms with van der Waals surface area (Å²) in [6, 6.07) is 14.1. The van der Waals surface area contributed by atoms with Gasteiger partial charge in [0.05, 0.1) is 19.2 Å². The van der Waals surface area contributed by atoms with Crippen molar-refractivity contribution in [2.75, 3.05) is 19.1 Å². The van der Waals surface area contributed by atoms with Crippen LogP contribution in [0.15, 0.2) is 57.7 Å². The van der Waals surface area contributed by atoms with Crippen LogP contribution in [-0.2, 0) is 4.79 Å². The molecule has 0 radical (unpaired) electrons. The first kappa shape index (κ1) is 20.5. The monoisotopic (exact) mass is 395 g/mol. The van der Waals surface area contributed by atoms with E-state index in [2.05, 4.69) is 0 Å². The molecule has 0 spiro atoms. The van der Waals surface area contributed by atoms with Gasteiger partial charge in [-0.15, -0.1) is 0 Å². The minimum Gasteiger partial charge on any atom is -0.493 e. The molecule has 6 nitrogen and oxygen atoms in total. The summed E-state index contributed by atoms with van der Waals surface area (Å²) in [5, 5.41) is 0.802. The first-order chi connectivity index (χ1) is 13.7. The Morgan fingerprint density at radius 1 is 1.07 bits per heavy atom. The lowest BCUT2D eigenvalue weighted by Gasteiger charge is -2.22. The van der Waals surface area contributed by atoms with Gasteiger partial charge in [0, 0.05) is 30.3 Å². The smallest absolute Gasteiger partial charge is 0.338 e. The molecule has 3 rings (SSSR count). The Kier molecular flexibility index (Phi) is 5.64. The van der Waals surface area contributed by atoms with Crippen LogP contribution in [0.3, 0.4) is 0 Å². The first-order valence-electron chi connectivity index (χ1n) is 9.33. The molecule has 29 heavy (non-hydrogen) atoms. The molecule has 0 amide bonds. The summed E-state index contributed by atoms with van der Waals surface area (Å²) in [6.45, 7) is 5.92. The van der Waals surface area contributed by atoms with Gasteiger partial charge in [0.2, 0.25) is 0 Å². The number of methoxy groups -OCH3 is 1. The fraction of sp³-hybridized carbons (Fsp3) is 0.304. The number of nitrogens with zero attached hydrogens (tertiary/aromatic N) is 1. The number of anilines is 2. The average molecular weight is 395 g/mol. The first-order valence-corrected chi connectivity index (χ1v) is 9.33. The summed E-state index contributed by atoms with van der Waals surface area (Å²) < 4.78 is 16.2. The Morgan fingerprint density at radius 2 is 1.79 bits per heavy atom. The van der Waals surface area contributed by atoms with Crippen molar-refractivity contribution < 1.29 is 18.7 Å². The summed E-state index contributed by atoms with van der Waals surface area (Å²) in [5.74, 6) is 0.460. The largest absolute Gasteiger partial charge is 0.493 e. The summed E-state index contributed by atoms with van der Waals surface area (Å²) >= 11 is 0. The molecule has 6 heteroatoms. The number of carbonyl (C=O) groups excluding carboxylic acids is 1. The minimum atomic E-state index is -0.434. The van der Waals surface area contributed by atoms with E-state index in [1.807, 2.05) is 57.0 Å². The molecule has 0 fully saturated rings. The van der Waals surface area contributed by atoms with Crippen molar-refractivity contribution in [2.45, 2.75) is 27.2 Å². The van der Waals surface area contributed by atoms with Crippen LogP contribution in [0.1, 0.15) is 27.2 Å². The Morgan fingerprint density at radius 3 is 2.48 bits per heavy atom. The third kappa shape index (κ3) is 4.77. The maximum atomic E-state index is 12.3. The van der Waals surface area contributed by atoms with Crippen molar-refractivity contribution in [3.63, 3.8) is 0 Å². The van der Waals surface area contributed by atoms with Gasteiger partial charge in [-0.3, -0.25) is 4.79 Å². The molecular formula is C23H25NO5. The highest BCUT2D eigenvalue weighted by Gasteiger charge is 2.20. The molecule has 0 aliphatic rings. The SMILES string of the molecule is COc1ccc(N(C)c2cc(=O)oc3ccccc23)cc1OC(=O)CC(C)(C)C. The number of fused-ring (bicyclic) bond motifs is 1. The second kappa shape index (κ2) is 7.99. The van der Waals surface area contributed by atoms with Crippen LogP contribution in [0.25, 0.3) is 11.0 Å². The fourth-order valence-electron chi connectivity index (χ4n) is 3.06. The second-order valence-electron chi connectivity index (χ2n) is 8.05. The Hall–Kier alpha value is -3.28. The molecule has 0 N–H and O–H groups in total. The predicted molar refractivity (Wildman–Crippen MR) is 113 cm³/mol. The number of ether oxygens (including phenoxy) is 2. The molecular weight excluding hydrogens is 370 g/mol. The molecule has 0 aliphatic carbocycles. The normalized spacial score (nSPS) is 11.3. The zero-order chi connectivity index (χ0) is 21.2. The minimum absolute atomic E-state index is 0.185. The summed E-state index contributed by atoms with van der Waals surface area (Å²) in [5.41, 5.74) is 1.31. The van der Waals surface area contributed by atoms with Gasteiger partial charge in [-0.1, -0.05) is 32.9 Å². The molecule has 0 aliphatic heterocycles. The number of carbonyl (C=O) groups is 1. The van der Waals surface area contributed by atoms with Crippen molar-refractivity contribution in [1.29, 1.82) is 0 Å². The maximum Gasteiger partial charge on any atom is 0.338 e. The van der Waals surface area contributed by atoms with Gasteiger partial charge in [-0.2, -0.15) is 0 Å². The van der Waals surface area contributed by atoms with Crippen LogP contribution in [0.5, 0.6) is 11.5 Å². The highest BCUT2D eigenvalue weighted by molar-refractivity contribution is 5.92. The van der Waals surface area contributed by atoms with Crippen LogP contribution in [0, 0.1) is 5.41 Å². The lowest BCUT2D eigenvalue weighted by atomic mass is 9.92. The van der Waals surface area contributed by atoms with Gasteiger partial charge in [-0.25, -0.2) is 4.79 Å². The van der Waals surface area contributed by atoms with Gasteiger partial charge in [0.1, 0.15) is 5.58 Å². The molecule has 2 aromatic carbocycles. The number of benzene rings is 2. The van der Waals surface area contributed by atoms with E-state index in [1.165, 1.54) is 13.2 Å². The number of para-hydroxylation sites is 1. The third-order valence-corrected chi connectivity index (χ3v) is 4.42. The van der Waals surface area contributed by atoms with E-state index in [9.17, 15) is 9.59 Å². The lowest BCUT2D eigenvalue weighted by molar-refractivity contribution is -0.136. The van der Waals surface area contributed by atoms with E-state index in [0.717, 1.165) is 11.1 Å². The van der Waals surface area contributed by atoms with Gasteiger partial charge in [0.25, 0.3) is 0 Å². The molecule has 0 saturated carbocycles. The fourth-order valence-corrected chi connectivity index (χ4v) is 3.06. The van der Waals surface area contributed by atoms with Crippen molar-refractivity contribution in [1.82, 2.24) is 0 Å². The maximum absolute atomic E-state index is 12.3. The van der Waals surface area contributed by atoms with Gasteiger partial charge in [-0.05, 0) is 29.7 Å². The highest BCUT2D eigenvalue weighted by Crippen LogP contribution is 2.36. The molecule has 0 saturated heterocycles. The molecule has 1 heterocycles. The van der Waals surface area contributed by atoms with E-state index in [4.69, 9.17) is 13.9 Å². The Labute approximate surface area is 169 Å². The zero-order valence-corrected chi connectivity index (χ0v) is 17.3. The second-order valence-corrected chi connectivity index (χ2v) is 8.05. The lowest BCUT2D eigenvalue weighted by Crippen LogP contribution is -2.18. The average Bonchev–Trinajstić information content (AvgIpc) is 2.65. The van der Waals surface area contributed by atoms with Crippen LogP contribution < -0.4 is 20.0 Å². The van der Waals surface area contributed by atoms with E-state index < -0.39 is 5.63 Å². The number of rotatable bonds is 5. The van der Waals surface area contributed by atoms with Crippen LogP contribution in [-0.4, -0.2) is 20.1 Å². The van der Waals surface area contributed by atoms with Crippen molar-refractivity contribution >= 4 is 28.3 Å². The third-order valence-electron chi connectivity index (χ3n) is 4.42. The molecule has 0 bridgehead atoms. The van der Waals surface area contributed by atoms with Crippen molar-refractivity contribution in [3.8, 4) is 11.5 Å². The predicted octanol–water partition coefficient (Wildman–Crippen LogP) is 4.91. The van der Waals surface area contributed by atoms with Crippen molar-refractivity contribution in [2.24, 2.45) is 5.41 Å². The van der Waals surface area contributed by atoms with E-state index in [1.54, 1.807) is 18.2 Å². The van der Waals surface area contributed by atoms with Gasteiger partial charge < -0.3 is 18.8 Å². The molecule has 3 aromatic rings. The van der Waals surface area contributed by atoms with E-state index in [0.29, 0.717) is 22.8 Å². The van der Waals surface area contributed by atoms with Crippen LogP contribution >= 0.6 is 0 Å². The molecule has 152 valence electrons. The van der Waals surface area contributed by atoms with Crippen LogP contribution in [0.2, 0.25) is 0 Å². The van der Waals surface area contributed by atoms with Crippen LogP contribution in [0.4, 0.5) is 11.4 Å². The summed E-state index contributed by atoms with van der Waals surface area (Å²) in [7, 11) is 3.36. The quantitative estimate of drug-likeness (QED) is 0.347. The van der Waals surface area contributed by atoms with Crippen molar-refractivity contribution in [3.05, 3.63) is 59.0 Å². The molecule has 1 aromatic heterocycles. The molecule has 0 unspecified atom stereocenters. The van der Waals surface area contributed by atoms with Gasteiger partial charge in [0.15, 0.2) is 11.5 Å². The summed E-state index contributed by atoms with van der Waals surface area (Å²) in [4.78, 5) is 26.2. The van der Waals surface area contributed by atoms with Gasteiger partial charge >= 0.3 is 11.6 Å². The number of hydrogen-bond donors (Lipinski definition) is 0. The highest BCUT2D eigenvalue weighted by atomic mass is 16.6. The van der Waals surface area contributed by atoms with E-state index in [-0.39, 0.29) is 17.8 Å². The topological polar surface area (TPSA) is 69.0 Å². The number of hydrogen-bond acceptors (Lipinski definition) is 6. The number of esters is 1. The Balaban J connectivity index is 1.99. The summed E-state index contributed by atoms with van der Waals surface area (Å²) in [6.07, 6.45) is 0.278. The molecule has 0 atom stereocenters.